The highest BCUT2D eigenvalue weighted by molar-refractivity contribution is 5.76. The first-order valence-electron chi connectivity index (χ1n) is 5.16. The van der Waals surface area contributed by atoms with E-state index >= 15 is 0 Å². The molecule has 0 radical (unpaired) electrons. The quantitative estimate of drug-likeness (QED) is 0.638. The number of hydrogen-bond donors (Lipinski definition) is 0. The highest BCUT2D eigenvalue weighted by Gasteiger charge is 2.71. The van der Waals surface area contributed by atoms with Crippen LogP contribution in [-0.2, 0) is 4.79 Å². The Hall–Kier alpha value is -0.670. The van der Waals surface area contributed by atoms with E-state index in [1.165, 1.54) is 0 Å². The Morgan fingerprint density at radius 2 is 2.14 bits per heavy atom. The molecule has 0 aromatic rings. The van der Waals surface area contributed by atoms with Gasteiger partial charge in [0.05, 0.1) is 5.41 Å². The Morgan fingerprint density at radius 1 is 1.50 bits per heavy atom. The number of hydrogen-bond acceptors (Lipinski definition) is 1. The maximum absolute atomic E-state index is 13.1. The molecule has 0 N–H and O–H groups in total. The molecule has 1 atom stereocenters. The van der Waals surface area contributed by atoms with Gasteiger partial charge < -0.3 is 4.90 Å². The Morgan fingerprint density at radius 3 is 2.64 bits per heavy atom. The molecule has 80 valence electrons. The van der Waals surface area contributed by atoms with Crippen LogP contribution in [-0.4, -0.2) is 29.8 Å². The summed E-state index contributed by atoms with van der Waals surface area (Å²) < 4.78 is 26.2. The molecule has 14 heavy (non-hydrogen) atoms. The zero-order valence-electron chi connectivity index (χ0n) is 8.35. The summed E-state index contributed by atoms with van der Waals surface area (Å²) in [6, 6.07) is 0. The Bertz CT molecular complexity index is 267. The summed E-state index contributed by atoms with van der Waals surface area (Å²) in [5.74, 6) is -2.51. The maximum Gasteiger partial charge on any atom is 0.256 e. The number of carbonyl (C=O) groups is 1. The van der Waals surface area contributed by atoms with E-state index in [9.17, 15) is 13.6 Å². The van der Waals surface area contributed by atoms with Crippen molar-refractivity contribution < 1.29 is 13.6 Å². The third-order valence-electron chi connectivity index (χ3n) is 3.44. The molecular weight excluding hydrogens is 188 g/mol. The summed E-state index contributed by atoms with van der Waals surface area (Å²) in [4.78, 5) is 13.0. The van der Waals surface area contributed by atoms with Crippen molar-refractivity contribution >= 4 is 5.91 Å². The molecule has 2 aliphatic rings. The summed E-state index contributed by atoms with van der Waals surface area (Å²) in [5, 5.41) is 0. The summed E-state index contributed by atoms with van der Waals surface area (Å²) in [6.07, 6.45) is 1.70. The molecule has 1 aliphatic carbocycles. The van der Waals surface area contributed by atoms with E-state index in [4.69, 9.17) is 0 Å². The van der Waals surface area contributed by atoms with Gasteiger partial charge in [0.25, 0.3) is 5.92 Å². The Kier molecular flexibility index (Phi) is 2.05. The number of rotatable bonds is 1. The van der Waals surface area contributed by atoms with Crippen LogP contribution in [0.3, 0.4) is 0 Å². The monoisotopic (exact) mass is 203 g/mol. The highest BCUT2D eigenvalue weighted by atomic mass is 19.3. The summed E-state index contributed by atoms with van der Waals surface area (Å²) in [7, 11) is 0. The number of piperidine rings is 1. The third kappa shape index (κ3) is 1.31. The maximum atomic E-state index is 13.1. The van der Waals surface area contributed by atoms with Crippen molar-refractivity contribution in [2.24, 2.45) is 5.41 Å². The molecule has 1 unspecified atom stereocenters. The Labute approximate surface area is 82.3 Å². The lowest BCUT2D eigenvalue weighted by Gasteiger charge is -2.32. The van der Waals surface area contributed by atoms with Crippen molar-refractivity contribution in [3.8, 4) is 0 Å². The van der Waals surface area contributed by atoms with Crippen molar-refractivity contribution in [1.29, 1.82) is 0 Å². The van der Waals surface area contributed by atoms with E-state index < -0.39 is 11.3 Å². The van der Waals surface area contributed by atoms with Gasteiger partial charge in [0.1, 0.15) is 0 Å². The number of likely N-dealkylation sites (tertiary alicyclic amines) is 1. The van der Waals surface area contributed by atoms with Gasteiger partial charge in [-0.15, -0.1) is 0 Å². The van der Waals surface area contributed by atoms with Crippen molar-refractivity contribution in [2.45, 2.75) is 38.5 Å². The SMILES string of the molecule is CCC(=O)N1CCCC2(C1)CC2(F)F. The van der Waals surface area contributed by atoms with Gasteiger partial charge in [0.2, 0.25) is 5.91 Å². The lowest BCUT2D eigenvalue weighted by Crippen LogP contribution is -2.42. The molecule has 4 heteroatoms. The minimum atomic E-state index is -2.51. The van der Waals surface area contributed by atoms with E-state index in [-0.39, 0.29) is 18.9 Å². The standard InChI is InChI=1S/C10H15F2NO/c1-2-8(14)13-5-3-4-9(7-13)6-10(9,11)12/h2-7H2,1H3. The molecular formula is C10H15F2NO. The fraction of sp³-hybridized carbons (Fsp3) is 0.900. The van der Waals surface area contributed by atoms with Gasteiger partial charge in [-0.25, -0.2) is 8.78 Å². The van der Waals surface area contributed by atoms with Gasteiger partial charge in [-0.1, -0.05) is 6.92 Å². The molecule has 1 saturated carbocycles. The predicted octanol–water partition coefficient (Wildman–Crippen LogP) is 2.04. The predicted molar refractivity (Wildman–Crippen MR) is 48.1 cm³/mol. The van der Waals surface area contributed by atoms with E-state index in [2.05, 4.69) is 0 Å². The number of carbonyl (C=O) groups excluding carboxylic acids is 1. The molecule has 1 saturated heterocycles. The van der Waals surface area contributed by atoms with Crippen LogP contribution in [0.4, 0.5) is 8.78 Å². The smallest absolute Gasteiger partial charge is 0.256 e. The molecule has 1 amide bonds. The third-order valence-corrected chi connectivity index (χ3v) is 3.44. The minimum absolute atomic E-state index is 0.00627. The van der Waals surface area contributed by atoms with Crippen LogP contribution in [0.1, 0.15) is 32.6 Å². The fourth-order valence-electron chi connectivity index (χ4n) is 2.39. The molecule has 1 heterocycles. The van der Waals surface area contributed by atoms with Crippen LogP contribution in [0.25, 0.3) is 0 Å². The van der Waals surface area contributed by atoms with Gasteiger partial charge in [0.15, 0.2) is 0 Å². The van der Waals surface area contributed by atoms with Crippen LogP contribution >= 0.6 is 0 Å². The summed E-state index contributed by atoms with van der Waals surface area (Å²) >= 11 is 0. The van der Waals surface area contributed by atoms with Crippen LogP contribution < -0.4 is 0 Å². The zero-order chi connectivity index (χ0) is 10.4. The van der Waals surface area contributed by atoms with Crippen molar-refractivity contribution in [3.05, 3.63) is 0 Å². The number of amides is 1. The number of nitrogens with zero attached hydrogens (tertiary/aromatic N) is 1. The van der Waals surface area contributed by atoms with Gasteiger partial charge >= 0.3 is 0 Å². The molecule has 0 aromatic carbocycles. The Balaban J connectivity index is 2.03. The molecule has 2 rings (SSSR count). The molecule has 0 aromatic heterocycles. The van der Waals surface area contributed by atoms with Gasteiger partial charge in [0, 0.05) is 25.9 Å². The van der Waals surface area contributed by atoms with E-state index in [1.807, 2.05) is 0 Å². The average molecular weight is 203 g/mol. The minimum Gasteiger partial charge on any atom is -0.342 e. The second-order valence-electron chi connectivity index (χ2n) is 4.43. The first-order chi connectivity index (χ1) is 6.51. The number of alkyl halides is 2. The second-order valence-corrected chi connectivity index (χ2v) is 4.43. The van der Waals surface area contributed by atoms with Gasteiger partial charge in [-0.3, -0.25) is 4.79 Å². The van der Waals surface area contributed by atoms with Gasteiger partial charge in [-0.05, 0) is 12.8 Å². The van der Waals surface area contributed by atoms with Gasteiger partial charge in [-0.2, -0.15) is 0 Å². The number of halogens is 2. The first kappa shape index (κ1) is 9.87. The average Bonchev–Trinajstić information content (AvgIpc) is 2.66. The fourth-order valence-corrected chi connectivity index (χ4v) is 2.39. The van der Waals surface area contributed by atoms with E-state index in [0.29, 0.717) is 19.4 Å². The zero-order valence-corrected chi connectivity index (χ0v) is 8.35. The lowest BCUT2D eigenvalue weighted by atomic mass is 9.94. The van der Waals surface area contributed by atoms with E-state index in [1.54, 1.807) is 11.8 Å². The summed E-state index contributed by atoms with van der Waals surface area (Å²) in [6.45, 7) is 2.70. The first-order valence-corrected chi connectivity index (χ1v) is 5.16. The van der Waals surface area contributed by atoms with E-state index in [0.717, 1.165) is 6.42 Å². The molecule has 0 bridgehead atoms. The molecule has 1 spiro atoms. The van der Waals surface area contributed by atoms with Crippen molar-refractivity contribution in [2.75, 3.05) is 13.1 Å². The highest BCUT2D eigenvalue weighted by Crippen LogP contribution is 2.64. The topological polar surface area (TPSA) is 20.3 Å². The second kappa shape index (κ2) is 2.91. The van der Waals surface area contributed by atoms with Crippen LogP contribution in [0.5, 0.6) is 0 Å². The largest absolute Gasteiger partial charge is 0.342 e. The molecule has 1 aliphatic heterocycles. The van der Waals surface area contributed by atoms with Crippen molar-refractivity contribution in [1.82, 2.24) is 4.90 Å². The van der Waals surface area contributed by atoms with Crippen molar-refractivity contribution in [3.63, 3.8) is 0 Å². The molecule has 2 fully saturated rings. The lowest BCUT2D eigenvalue weighted by molar-refractivity contribution is -0.134. The normalized spacial score (nSPS) is 34.6. The van der Waals surface area contributed by atoms with Crippen LogP contribution in [0, 0.1) is 5.41 Å². The van der Waals surface area contributed by atoms with Crippen LogP contribution in [0.2, 0.25) is 0 Å². The molecule has 2 nitrogen and oxygen atoms in total. The van der Waals surface area contributed by atoms with Crippen LogP contribution in [0.15, 0.2) is 0 Å². The summed E-state index contributed by atoms with van der Waals surface area (Å²) in [5.41, 5.74) is -0.851.